The van der Waals surface area contributed by atoms with E-state index in [1.807, 2.05) is 0 Å². The lowest BCUT2D eigenvalue weighted by Gasteiger charge is -2.30. The van der Waals surface area contributed by atoms with Crippen LogP contribution in [0.1, 0.15) is 36.2 Å². The summed E-state index contributed by atoms with van der Waals surface area (Å²) in [6.45, 7) is 7.72. The van der Waals surface area contributed by atoms with Crippen molar-refractivity contribution in [2.45, 2.75) is 32.7 Å². The quantitative estimate of drug-likeness (QED) is 0.724. The highest BCUT2D eigenvalue weighted by Gasteiger charge is 2.18. The summed E-state index contributed by atoms with van der Waals surface area (Å²) in [6.07, 6.45) is 1.07. The molecule has 1 amide bonds. The summed E-state index contributed by atoms with van der Waals surface area (Å²) in [7, 11) is 1.57. The van der Waals surface area contributed by atoms with E-state index in [2.05, 4.69) is 17.1 Å². The third-order valence-electron chi connectivity index (χ3n) is 4.48. The molecule has 1 aliphatic heterocycles. The summed E-state index contributed by atoms with van der Waals surface area (Å²) in [4.78, 5) is 26.4. The fourth-order valence-electron chi connectivity index (χ4n) is 2.96. The first kappa shape index (κ1) is 19.4. The van der Waals surface area contributed by atoms with E-state index in [1.54, 1.807) is 25.3 Å². The van der Waals surface area contributed by atoms with Gasteiger partial charge >= 0.3 is 0 Å². The van der Waals surface area contributed by atoms with Gasteiger partial charge in [-0.2, -0.15) is 0 Å². The zero-order valence-corrected chi connectivity index (χ0v) is 15.3. The highest BCUT2D eigenvalue weighted by Crippen LogP contribution is 2.21. The second-order valence-corrected chi connectivity index (χ2v) is 6.35. The first-order valence-electron chi connectivity index (χ1n) is 8.80. The molecule has 0 bridgehead atoms. The predicted molar refractivity (Wildman–Crippen MR) is 96.2 cm³/mol. The molecule has 1 aromatic carbocycles. The van der Waals surface area contributed by atoms with Crippen LogP contribution in [-0.2, 0) is 16.0 Å². The van der Waals surface area contributed by atoms with Crippen molar-refractivity contribution >= 4 is 11.7 Å². The number of nitrogens with zero attached hydrogens (tertiary/aromatic N) is 1. The van der Waals surface area contributed by atoms with Crippen LogP contribution in [0.4, 0.5) is 0 Å². The molecule has 1 heterocycles. The molecule has 0 saturated carbocycles. The van der Waals surface area contributed by atoms with Gasteiger partial charge in [0.2, 0.25) is 5.91 Å². The first-order chi connectivity index (χ1) is 12.0. The van der Waals surface area contributed by atoms with E-state index in [-0.39, 0.29) is 24.2 Å². The standard InChI is InChI=1S/C19H28N2O4/c1-4-17(13-21-7-9-25-10-8-21)20-19(23)12-16-11-15(14(2)22)5-6-18(16)24-3/h5-6,11,17H,4,7-10,12-13H2,1-3H3,(H,20,23)/t17-/m0/s1. The highest BCUT2D eigenvalue weighted by atomic mass is 16.5. The van der Waals surface area contributed by atoms with E-state index < -0.39 is 0 Å². The molecule has 0 spiro atoms. The van der Waals surface area contributed by atoms with Crippen molar-refractivity contribution in [2.75, 3.05) is 40.0 Å². The summed E-state index contributed by atoms with van der Waals surface area (Å²) in [5.74, 6) is 0.545. The Morgan fingerprint density at radius 3 is 2.64 bits per heavy atom. The fraction of sp³-hybridized carbons (Fsp3) is 0.579. The number of morpholine rings is 1. The minimum Gasteiger partial charge on any atom is -0.496 e. The Hall–Kier alpha value is -1.92. The van der Waals surface area contributed by atoms with E-state index in [0.29, 0.717) is 11.3 Å². The Morgan fingerprint density at radius 1 is 1.32 bits per heavy atom. The lowest BCUT2D eigenvalue weighted by Crippen LogP contribution is -2.47. The smallest absolute Gasteiger partial charge is 0.224 e. The van der Waals surface area contributed by atoms with Crippen molar-refractivity contribution < 1.29 is 19.1 Å². The number of carbonyl (C=O) groups excluding carboxylic acids is 2. The van der Waals surface area contributed by atoms with Crippen molar-refractivity contribution in [3.05, 3.63) is 29.3 Å². The number of amides is 1. The molecule has 6 nitrogen and oxygen atoms in total. The molecule has 1 aliphatic rings. The maximum atomic E-state index is 12.5. The van der Waals surface area contributed by atoms with Crippen LogP contribution in [0.25, 0.3) is 0 Å². The maximum Gasteiger partial charge on any atom is 0.224 e. The molecule has 1 N–H and O–H groups in total. The highest BCUT2D eigenvalue weighted by molar-refractivity contribution is 5.94. The van der Waals surface area contributed by atoms with Gasteiger partial charge in [0.05, 0.1) is 26.7 Å². The molecule has 1 fully saturated rings. The van der Waals surface area contributed by atoms with Gasteiger partial charge < -0.3 is 14.8 Å². The average molecular weight is 348 g/mol. The molecule has 1 atom stereocenters. The van der Waals surface area contributed by atoms with Gasteiger partial charge in [-0.15, -0.1) is 0 Å². The Labute approximate surface area is 149 Å². The van der Waals surface area contributed by atoms with Gasteiger partial charge in [-0.25, -0.2) is 0 Å². The minimum absolute atomic E-state index is 0.0249. The largest absolute Gasteiger partial charge is 0.496 e. The second kappa shape index (κ2) is 9.53. The molecule has 138 valence electrons. The Bertz CT molecular complexity index is 597. The van der Waals surface area contributed by atoms with Gasteiger partial charge in [0.15, 0.2) is 5.78 Å². The van der Waals surface area contributed by atoms with E-state index >= 15 is 0 Å². The number of nitrogens with one attached hydrogen (secondary N) is 1. The summed E-state index contributed by atoms with van der Waals surface area (Å²) in [6, 6.07) is 5.30. The van der Waals surface area contributed by atoms with Crippen LogP contribution >= 0.6 is 0 Å². The van der Waals surface area contributed by atoms with Crippen LogP contribution in [0.15, 0.2) is 18.2 Å². The molecule has 0 unspecified atom stereocenters. The molecular formula is C19H28N2O4. The normalized spacial score (nSPS) is 16.3. The van der Waals surface area contributed by atoms with Crippen LogP contribution in [0.5, 0.6) is 5.75 Å². The number of Topliss-reactive ketones (excluding diaryl/α,β-unsaturated/α-hetero) is 1. The molecule has 25 heavy (non-hydrogen) atoms. The first-order valence-corrected chi connectivity index (χ1v) is 8.80. The molecule has 6 heteroatoms. The van der Waals surface area contributed by atoms with Crippen LogP contribution in [-0.4, -0.2) is 62.6 Å². The predicted octanol–water partition coefficient (Wildman–Crippen LogP) is 1.67. The zero-order chi connectivity index (χ0) is 18.2. The summed E-state index contributed by atoms with van der Waals surface area (Å²) >= 11 is 0. The summed E-state index contributed by atoms with van der Waals surface area (Å²) in [5.41, 5.74) is 1.32. The molecular weight excluding hydrogens is 320 g/mol. The number of benzene rings is 1. The summed E-state index contributed by atoms with van der Waals surface area (Å²) < 4.78 is 10.7. The van der Waals surface area contributed by atoms with Crippen molar-refractivity contribution in [1.29, 1.82) is 0 Å². The third kappa shape index (κ3) is 5.83. The number of hydrogen-bond donors (Lipinski definition) is 1. The maximum absolute atomic E-state index is 12.5. The monoisotopic (exact) mass is 348 g/mol. The molecule has 1 saturated heterocycles. The number of ether oxygens (including phenoxy) is 2. The number of rotatable bonds is 8. The van der Waals surface area contributed by atoms with E-state index in [4.69, 9.17) is 9.47 Å². The molecule has 1 aromatic rings. The number of methoxy groups -OCH3 is 1. The Morgan fingerprint density at radius 2 is 2.04 bits per heavy atom. The topological polar surface area (TPSA) is 67.9 Å². The Kier molecular flexibility index (Phi) is 7.40. The number of hydrogen-bond acceptors (Lipinski definition) is 5. The zero-order valence-electron chi connectivity index (χ0n) is 15.3. The lowest BCUT2D eigenvalue weighted by atomic mass is 10.0. The minimum atomic E-state index is -0.0564. The van der Waals surface area contributed by atoms with Gasteiger partial charge in [-0.05, 0) is 31.5 Å². The SMILES string of the molecule is CC[C@@H](CN1CCOCC1)NC(=O)Cc1cc(C(C)=O)ccc1OC. The van der Waals surface area contributed by atoms with Gasteiger partial charge in [-0.1, -0.05) is 6.92 Å². The Balaban J connectivity index is 1.97. The van der Waals surface area contributed by atoms with Crippen molar-refractivity contribution in [1.82, 2.24) is 10.2 Å². The fourth-order valence-corrected chi connectivity index (χ4v) is 2.96. The second-order valence-electron chi connectivity index (χ2n) is 6.35. The molecule has 0 aromatic heterocycles. The van der Waals surface area contributed by atoms with E-state index in [1.165, 1.54) is 6.92 Å². The molecule has 2 rings (SSSR count). The average Bonchev–Trinajstić information content (AvgIpc) is 2.61. The van der Waals surface area contributed by atoms with E-state index in [9.17, 15) is 9.59 Å². The van der Waals surface area contributed by atoms with Crippen LogP contribution in [0, 0.1) is 0 Å². The van der Waals surface area contributed by atoms with Gasteiger partial charge in [0, 0.05) is 36.8 Å². The van der Waals surface area contributed by atoms with Crippen molar-refractivity contribution in [3.63, 3.8) is 0 Å². The van der Waals surface area contributed by atoms with Gasteiger partial charge in [0.1, 0.15) is 5.75 Å². The van der Waals surface area contributed by atoms with Crippen LogP contribution in [0.2, 0.25) is 0 Å². The van der Waals surface area contributed by atoms with Gasteiger partial charge in [0.25, 0.3) is 0 Å². The summed E-state index contributed by atoms with van der Waals surface area (Å²) in [5, 5.41) is 3.10. The van der Waals surface area contributed by atoms with E-state index in [0.717, 1.165) is 44.8 Å². The van der Waals surface area contributed by atoms with Gasteiger partial charge in [-0.3, -0.25) is 14.5 Å². The lowest BCUT2D eigenvalue weighted by molar-refractivity contribution is -0.121. The number of ketones is 1. The molecule has 0 aliphatic carbocycles. The van der Waals surface area contributed by atoms with Crippen LogP contribution in [0.3, 0.4) is 0 Å². The molecule has 0 radical (unpaired) electrons. The van der Waals surface area contributed by atoms with Crippen LogP contribution < -0.4 is 10.1 Å². The number of carbonyl (C=O) groups is 2. The van der Waals surface area contributed by atoms with Crippen molar-refractivity contribution in [3.8, 4) is 5.75 Å². The third-order valence-corrected chi connectivity index (χ3v) is 4.48. The van der Waals surface area contributed by atoms with Crippen molar-refractivity contribution in [2.24, 2.45) is 0 Å².